The lowest BCUT2D eigenvalue weighted by Crippen LogP contribution is -2.15. The van der Waals surface area contributed by atoms with Gasteiger partial charge in [0.05, 0.1) is 19.8 Å². The number of para-hydroxylation sites is 1. The molecule has 7 heteroatoms. The molecule has 0 aliphatic carbocycles. The summed E-state index contributed by atoms with van der Waals surface area (Å²) in [5.41, 5.74) is 0.107. The van der Waals surface area contributed by atoms with Gasteiger partial charge in [0.2, 0.25) is 0 Å². The van der Waals surface area contributed by atoms with Crippen molar-refractivity contribution in [1.29, 1.82) is 0 Å². The molecule has 0 unspecified atom stereocenters. The molecule has 0 spiro atoms. The summed E-state index contributed by atoms with van der Waals surface area (Å²) >= 11 is 0. The Morgan fingerprint density at radius 3 is 2.16 bits per heavy atom. The first kappa shape index (κ1) is 17.3. The van der Waals surface area contributed by atoms with E-state index in [-0.39, 0.29) is 37.7 Å². The second kappa shape index (κ2) is 10.3. The fourth-order valence-corrected chi connectivity index (χ4v) is 0.920. The van der Waals surface area contributed by atoms with Gasteiger partial charge in [0, 0.05) is 0 Å². The second-order valence-electron chi connectivity index (χ2n) is 3.40. The van der Waals surface area contributed by atoms with E-state index in [1.165, 1.54) is 12.1 Å². The quantitative estimate of drug-likeness (QED) is 0.430. The van der Waals surface area contributed by atoms with Gasteiger partial charge in [-0.3, -0.25) is 0 Å². The van der Waals surface area contributed by atoms with E-state index in [4.69, 9.17) is 20.4 Å². The molecule has 0 radical (unpaired) electrons. The summed E-state index contributed by atoms with van der Waals surface area (Å²) in [5, 5.41) is 41.6. The summed E-state index contributed by atoms with van der Waals surface area (Å²) in [6, 6.07) is 6.08. The zero-order chi connectivity index (χ0) is 14.7. The highest BCUT2D eigenvalue weighted by Gasteiger charge is 2.10. The average molecular weight is 274 g/mol. The predicted octanol–water partition coefficient (Wildman–Crippen LogP) is -1.13. The molecule has 0 heterocycles. The van der Waals surface area contributed by atoms with Crippen molar-refractivity contribution in [3.63, 3.8) is 0 Å². The molecule has 0 aromatic heterocycles. The Balaban J connectivity index is 0.000000459. The maximum Gasteiger partial charge on any atom is 0.341 e. The van der Waals surface area contributed by atoms with Gasteiger partial charge < -0.3 is 30.3 Å². The summed E-state index contributed by atoms with van der Waals surface area (Å²) in [5.74, 6) is -0.752. The minimum absolute atomic E-state index is 0.0623. The number of aliphatic hydroxyl groups is 4. The van der Waals surface area contributed by atoms with E-state index in [0.29, 0.717) is 0 Å². The number of aromatic hydroxyl groups is 1. The Morgan fingerprint density at radius 2 is 1.74 bits per heavy atom. The lowest BCUT2D eigenvalue weighted by Gasteiger charge is -2.03. The maximum absolute atomic E-state index is 11.1. The van der Waals surface area contributed by atoms with Crippen LogP contribution in [0.1, 0.15) is 10.4 Å². The van der Waals surface area contributed by atoms with Crippen LogP contribution in [0, 0.1) is 0 Å². The number of phenolic OH excluding ortho intramolecular Hbond substituents is 1. The van der Waals surface area contributed by atoms with Crippen LogP contribution in [0.3, 0.4) is 0 Å². The molecular formula is C12H18O7. The number of benzene rings is 1. The molecule has 5 N–H and O–H groups in total. The minimum Gasteiger partial charge on any atom is -0.507 e. The summed E-state index contributed by atoms with van der Waals surface area (Å²) in [7, 11) is 0. The van der Waals surface area contributed by atoms with E-state index in [2.05, 4.69) is 4.74 Å². The van der Waals surface area contributed by atoms with E-state index >= 15 is 0 Å². The fourth-order valence-electron chi connectivity index (χ4n) is 0.920. The molecular weight excluding hydrogens is 256 g/mol. The number of hydrogen-bond acceptors (Lipinski definition) is 7. The number of phenols is 1. The van der Waals surface area contributed by atoms with Gasteiger partial charge in [-0.25, -0.2) is 4.79 Å². The van der Waals surface area contributed by atoms with Gasteiger partial charge in [-0.15, -0.1) is 0 Å². The number of esters is 1. The third kappa shape index (κ3) is 7.37. The minimum atomic E-state index is -0.954. The summed E-state index contributed by atoms with van der Waals surface area (Å²) < 4.78 is 4.61. The molecule has 0 amide bonds. The van der Waals surface area contributed by atoms with Crippen molar-refractivity contribution in [3.8, 4) is 5.75 Å². The fraction of sp³-hybridized carbons (Fsp3) is 0.417. The van der Waals surface area contributed by atoms with Crippen molar-refractivity contribution >= 4 is 5.97 Å². The molecule has 0 saturated heterocycles. The third-order valence-electron chi connectivity index (χ3n) is 1.87. The van der Waals surface area contributed by atoms with Crippen molar-refractivity contribution in [1.82, 2.24) is 0 Å². The SMILES string of the molecule is O=C(OCCO)c1ccccc1O.OCC(O)CO. The molecule has 0 saturated carbocycles. The summed E-state index contributed by atoms with van der Waals surface area (Å²) in [6.07, 6.45) is -0.954. The number of carbonyl (C=O) groups excluding carboxylic acids is 1. The first-order chi connectivity index (χ1) is 9.06. The van der Waals surface area contributed by atoms with Crippen LogP contribution in [0.25, 0.3) is 0 Å². The maximum atomic E-state index is 11.1. The molecule has 108 valence electrons. The average Bonchev–Trinajstić information content (AvgIpc) is 2.45. The van der Waals surface area contributed by atoms with E-state index in [1.54, 1.807) is 12.1 Å². The highest BCUT2D eigenvalue weighted by molar-refractivity contribution is 5.92. The van der Waals surface area contributed by atoms with Crippen molar-refractivity contribution < 1.29 is 35.1 Å². The van der Waals surface area contributed by atoms with Crippen molar-refractivity contribution in [2.24, 2.45) is 0 Å². The van der Waals surface area contributed by atoms with Crippen LogP contribution in [-0.2, 0) is 4.74 Å². The number of carbonyl (C=O) groups is 1. The first-order valence-corrected chi connectivity index (χ1v) is 5.52. The first-order valence-electron chi connectivity index (χ1n) is 5.52. The van der Waals surface area contributed by atoms with E-state index < -0.39 is 12.1 Å². The number of hydrogen-bond donors (Lipinski definition) is 5. The van der Waals surface area contributed by atoms with Crippen LogP contribution in [-0.4, -0.2) is 64.0 Å². The molecule has 1 aromatic rings. The zero-order valence-electron chi connectivity index (χ0n) is 10.3. The molecule has 0 aliphatic heterocycles. The van der Waals surface area contributed by atoms with E-state index in [0.717, 1.165) is 0 Å². The highest BCUT2D eigenvalue weighted by atomic mass is 16.5. The van der Waals surface area contributed by atoms with Crippen molar-refractivity contribution in [2.45, 2.75) is 6.10 Å². The molecule has 19 heavy (non-hydrogen) atoms. The van der Waals surface area contributed by atoms with Gasteiger partial charge in [-0.05, 0) is 12.1 Å². The molecule has 0 bridgehead atoms. The lowest BCUT2D eigenvalue weighted by atomic mass is 10.2. The lowest BCUT2D eigenvalue weighted by molar-refractivity contribution is 0.0430. The van der Waals surface area contributed by atoms with Crippen molar-refractivity contribution in [3.05, 3.63) is 29.8 Å². The van der Waals surface area contributed by atoms with Gasteiger partial charge >= 0.3 is 5.97 Å². The number of rotatable bonds is 5. The smallest absolute Gasteiger partial charge is 0.341 e. The molecule has 0 fully saturated rings. The van der Waals surface area contributed by atoms with Gasteiger partial charge in [0.15, 0.2) is 0 Å². The zero-order valence-corrected chi connectivity index (χ0v) is 10.3. The molecule has 0 atom stereocenters. The van der Waals surface area contributed by atoms with Gasteiger partial charge in [0.1, 0.15) is 24.0 Å². The molecule has 0 aliphatic rings. The van der Waals surface area contributed by atoms with Crippen LogP contribution >= 0.6 is 0 Å². The van der Waals surface area contributed by atoms with Crippen LogP contribution < -0.4 is 0 Å². The largest absolute Gasteiger partial charge is 0.507 e. The standard InChI is InChI=1S/C9H10O4.C3H8O3/c10-5-6-13-9(12)7-3-1-2-4-8(7)11;4-1-3(6)2-5/h1-4,10-11H,5-6H2;3-6H,1-2H2. The summed E-state index contributed by atoms with van der Waals surface area (Å²) in [6.45, 7) is -1.01. The van der Waals surface area contributed by atoms with E-state index in [9.17, 15) is 9.90 Å². The van der Waals surface area contributed by atoms with Crippen LogP contribution in [0.2, 0.25) is 0 Å². The topological polar surface area (TPSA) is 127 Å². The molecule has 7 nitrogen and oxygen atoms in total. The monoisotopic (exact) mass is 274 g/mol. The highest BCUT2D eigenvalue weighted by Crippen LogP contribution is 2.16. The Hall–Kier alpha value is -1.67. The Morgan fingerprint density at radius 1 is 1.16 bits per heavy atom. The second-order valence-corrected chi connectivity index (χ2v) is 3.40. The predicted molar refractivity (Wildman–Crippen MR) is 65.7 cm³/mol. The molecule has 1 rings (SSSR count). The van der Waals surface area contributed by atoms with Gasteiger partial charge in [0.25, 0.3) is 0 Å². The van der Waals surface area contributed by atoms with Gasteiger partial charge in [-0.2, -0.15) is 0 Å². The van der Waals surface area contributed by atoms with Crippen LogP contribution in [0.4, 0.5) is 0 Å². The Labute approximate surface area is 110 Å². The summed E-state index contributed by atoms with van der Waals surface area (Å²) in [4.78, 5) is 11.1. The van der Waals surface area contributed by atoms with Crippen LogP contribution in [0.5, 0.6) is 5.75 Å². The normalized spacial score (nSPS) is 9.74. The Bertz CT molecular complexity index is 363. The Kier molecular flexibility index (Phi) is 9.37. The number of ether oxygens (including phenoxy) is 1. The third-order valence-corrected chi connectivity index (χ3v) is 1.87. The number of aliphatic hydroxyl groups excluding tert-OH is 4. The van der Waals surface area contributed by atoms with E-state index in [1.807, 2.05) is 0 Å². The van der Waals surface area contributed by atoms with Crippen LogP contribution in [0.15, 0.2) is 24.3 Å². The van der Waals surface area contributed by atoms with Crippen molar-refractivity contribution in [2.75, 3.05) is 26.4 Å². The molecule has 1 aromatic carbocycles. The van der Waals surface area contributed by atoms with Gasteiger partial charge in [-0.1, -0.05) is 12.1 Å².